The number of nitrogens with zero attached hydrogens (tertiary/aromatic N) is 4. The van der Waals surface area contributed by atoms with E-state index in [1.54, 1.807) is 14.0 Å². The normalized spacial score (nSPS) is 16.1. The van der Waals surface area contributed by atoms with E-state index in [0.717, 1.165) is 12.1 Å². The molecule has 1 N–H and O–H groups in total. The summed E-state index contributed by atoms with van der Waals surface area (Å²) < 4.78 is 67.9. The Balaban J connectivity index is 1.69. The molecule has 31 heavy (non-hydrogen) atoms. The van der Waals surface area contributed by atoms with Crippen LogP contribution >= 0.6 is 0 Å². The van der Waals surface area contributed by atoms with Gasteiger partial charge in [0.2, 0.25) is 6.43 Å². The molecule has 1 atom stereocenters. The lowest BCUT2D eigenvalue weighted by molar-refractivity contribution is 0.0671. The number of alkyl halides is 2. The summed E-state index contributed by atoms with van der Waals surface area (Å²) in [7, 11) is 1.59. The van der Waals surface area contributed by atoms with Gasteiger partial charge in [-0.05, 0) is 25.5 Å². The lowest BCUT2D eigenvalue weighted by Gasteiger charge is -2.33. The monoisotopic (exact) mass is 439 g/mol. The van der Waals surface area contributed by atoms with Crippen molar-refractivity contribution in [2.45, 2.75) is 32.2 Å². The highest BCUT2D eigenvalue weighted by molar-refractivity contribution is 5.95. The number of nitrogens with one attached hydrogen (secondary N) is 1. The minimum Gasteiger partial charge on any atom is -0.330 e. The molecule has 0 bridgehead atoms. The molecule has 0 unspecified atom stereocenters. The topological polar surface area (TPSA) is 66.8 Å². The first-order valence-electron chi connectivity index (χ1n) is 9.51. The minimum absolute atomic E-state index is 0.0527. The van der Waals surface area contributed by atoms with Crippen molar-refractivity contribution in [3.63, 3.8) is 0 Å². The summed E-state index contributed by atoms with van der Waals surface area (Å²) in [6, 6.07) is 1.28. The van der Waals surface area contributed by atoms with Crippen molar-refractivity contribution in [1.82, 2.24) is 24.9 Å². The van der Waals surface area contributed by atoms with Crippen LogP contribution in [0.25, 0.3) is 11.3 Å². The number of hydrogen-bond donors (Lipinski definition) is 1. The number of carbonyl (C=O) groups excluding carboxylic acids is 1. The maximum absolute atomic E-state index is 13.8. The van der Waals surface area contributed by atoms with Crippen LogP contribution in [0.5, 0.6) is 0 Å². The maximum atomic E-state index is 13.8. The molecule has 1 aliphatic rings. The van der Waals surface area contributed by atoms with Gasteiger partial charge in [0.15, 0.2) is 17.5 Å². The second kappa shape index (κ2) is 7.78. The maximum Gasteiger partial charge on any atom is 0.257 e. The molecular weight excluding hydrogens is 421 g/mol. The number of aromatic nitrogens is 4. The Bertz CT molecular complexity index is 1130. The van der Waals surface area contributed by atoms with E-state index < -0.39 is 42.2 Å². The summed E-state index contributed by atoms with van der Waals surface area (Å²) >= 11 is 0. The first-order valence-corrected chi connectivity index (χ1v) is 9.51. The van der Waals surface area contributed by atoms with Crippen molar-refractivity contribution < 1.29 is 26.7 Å². The molecule has 6 nitrogen and oxygen atoms in total. The van der Waals surface area contributed by atoms with Gasteiger partial charge in [0.05, 0.1) is 41.3 Å². The molecule has 0 fully saturated rings. The quantitative estimate of drug-likeness (QED) is 0.497. The molecule has 0 aliphatic carbocycles. The van der Waals surface area contributed by atoms with Crippen molar-refractivity contribution in [3.8, 4) is 11.3 Å². The fraction of sp³-hybridized carbons (Fsp3) is 0.350. The molecule has 11 heteroatoms. The van der Waals surface area contributed by atoms with Crippen LogP contribution in [0.1, 0.15) is 40.3 Å². The van der Waals surface area contributed by atoms with Gasteiger partial charge in [-0.3, -0.25) is 14.6 Å². The smallest absolute Gasteiger partial charge is 0.257 e. The lowest BCUT2D eigenvalue weighted by atomic mass is 9.95. The molecule has 3 heterocycles. The lowest BCUT2D eigenvalue weighted by Crippen LogP contribution is -2.39. The summed E-state index contributed by atoms with van der Waals surface area (Å²) in [5.41, 5.74) is 1.87. The fourth-order valence-corrected chi connectivity index (χ4v) is 4.04. The first-order chi connectivity index (χ1) is 14.7. The third-order valence-electron chi connectivity index (χ3n) is 5.47. The van der Waals surface area contributed by atoms with E-state index >= 15 is 0 Å². The molecular formula is C20H18F5N5O. The summed E-state index contributed by atoms with van der Waals surface area (Å²) in [6.45, 7) is 1.96. The van der Waals surface area contributed by atoms with Crippen molar-refractivity contribution in [2.24, 2.45) is 7.05 Å². The number of rotatable bonds is 4. The zero-order valence-corrected chi connectivity index (χ0v) is 16.6. The van der Waals surface area contributed by atoms with Crippen LogP contribution in [-0.4, -0.2) is 43.8 Å². The number of benzene rings is 1. The van der Waals surface area contributed by atoms with Gasteiger partial charge in [0.25, 0.3) is 5.91 Å². The number of halogens is 5. The second-order valence-corrected chi connectivity index (χ2v) is 7.37. The van der Waals surface area contributed by atoms with Crippen LogP contribution in [0, 0.1) is 17.5 Å². The molecule has 0 spiro atoms. The first kappa shape index (κ1) is 21.0. The van der Waals surface area contributed by atoms with E-state index in [4.69, 9.17) is 0 Å². The Morgan fingerprint density at radius 1 is 1.26 bits per heavy atom. The van der Waals surface area contributed by atoms with Gasteiger partial charge < -0.3 is 4.90 Å². The third-order valence-corrected chi connectivity index (χ3v) is 5.47. The zero-order chi connectivity index (χ0) is 22.4. The van der Waals surface area contributed by atoms with E-state index in [0.29, 0.717) is 23.4 Å². The molecule has 1 aromatic carbocycles. The van der Waals surface area contributed by atoms with E-state index in [-0.39, 0.29) is 23.4 Å². The predicted molar refractivity (Wildman–Crippen MR) is 100.0 cm³/mol. The van der Waals surface area contributed by atoms with Gasteiger partial charge >= 0.3 is 0 Å². The molecule has 0 radical (unpaired) electrons. The highest BCUT2D eigenvalue weighted by atomic mass is 19.3. The van der Waals surface area contributed by atoms with Gasteiger partial charge in [-0.25, -0.2) is 22.0 Å². The average Bonchev–Trinajstić information content (AvgIpc) is 3.29. The molecule has 0 saturated carbocycles. The van der Waals surface area contributed by atoms with E-state index in [9.17, 15) is 26.7 Å². The Kier molecular flexibility index (Phi) is 5.28. The molecule has 4 rings (SSSR count). The van der Waals surface area contributed by atoms with Crippen LogP contribution in [0.4, 0.5) is 22.0 Å². The summed E-state index contributed by atoms with van der Waals surface area (Å²) in [5, 5.41) is 10.6. The number of hydrogen-bond acceptors (Lipinski definition) is 3. The largest absolute Gasteiger partial charge is 0.330 e. The Morgan fingerprint density at radius 2 is 1.94 bits per heavy atom. The molecule has 164 valence electrons. The van der Waals surface area contributed by atoms with Crippen molar-refractivity contribution in [3.05, 3.63) is 58.3 Å². The highest BCUT2D eigenvalue weighted by Crippen LogP contribution is 2.37. The SMILES string of the molecule is C[C@H]1c2nn(C)c(-c3cc(F)c(F)c(F)c3)c2CCN1C(=O)c1cn[nH]c1CC(F)F. The molecule has 1 amide bonds. The summed E-state index contributed by atoms with van der Waals surface area (Å²) in [6.07, 6.45) is -1.72. The van der Waals surface area contributed by atoms with Gasteiger partial charge in [0.1, 0.15) is 0 Å². The average molecular weight is 439 g/mol. The molecule has 0 saturated heterocycles. The number of aromatic amines is 1. The van der Waals surface area contributed by atoms with Gasteiger partial charge in [-0.1, -0.05) is 0 Å². The van der Waals surface area contributed by atoms with E-state index in [2.05, 4.69) is 15.3 Å². The standard InChI is InChI=1S/C20H18F5N5O/c1-9-18-11(19(29(2)28-18)10-5-13(21)17(25)14(22)6-10)3-4-30(9)20(31)12-8-26-27-15(12)7-16(23)24/h5-6,8-9,16H,3-4,7H2,1-2H3,(H,26,27)/t9-/m0/s1. The van der Waals surface area contributed by atoms with Gasteiger partial charge in [-0.15, -0.1) is 0 Å². The number of amides is 1. The Labute approximate surface area is 173 Å². The number of H-pyrrole nitrogens is 1. The van der Waals surface area contributed by atoms with Crippen LogP contribution in [0.15, 0.2) is 18.3 Å². The minimum atomic E-state index is -2.63. The Morgan fingerprint density at radius 3 is 2.58 bits per heavy atom. The second-order valence-electron chi connectivity index (χ2n) is 7.37. The van der Waals surface area contributed by atoms with Crippen molar-refractivity contribution in [2.75, 3.05) is 6.54 Å². The summed E-state index contributed by atoms with van der Waals surface area (Å²) in [4.78, 5) is 14.5. The summed E-state index contributed by atoms with van der Waals surface area (Å²) in [5.74, 6) is -4.63. The van der Waals surface area contributed by atoms with Gasteiger partial charge in [-0.2, -0.15) is 10.2 Å². The van der Waals surface area contributed by atoms with E-state index in [1.807, 2.05) is 0 Å². The highest BCUT2D eigenvalue weighted by Gasteiger charge is 2.35. The number of carbonyl (C=O) groups is 1. The number of aryl methyl sites for hydroxylation is 1. The molecule has 3 aromatic rings. The molecule has 1 aliphatic heterocycles. The number of fused-ring (bicyclic) bond motifs is 1. The Hall–Kier alpha value is -3.24. The van der Waals surface area contributed by atoms with Crippen LogP contribution in [0.3, 0.4) is 0 Å². The van der Waals surface area contributed by atoms with Crippen LogP contribution < -0.4 is 0 Å². The van der Waals surface area contributed by atoms with Crippen molar-refractivity contribution >= 4 is 5.91 Å². The third kappa shape index (κ3) is 3.57. The zero-order valence-electron chi connectivity index (χ0n) is 16.6. The van der Waals surface area contributed by atoms with Crippen LogP contribution in [0.2, 0.25) is 0 Å². The van der Waals surface area contributed by atoms with Gasteiger partial charge in [0, 0.05) is 24.7 Å². The van der Waals surface area contributed by atoms with Crippen LogP contribution in [-0.2, 0) is 19.9 Å². The fourth-order valence-electron chi connectivity index (χ4n) is 4.04. The predicted octanol–water partition coefficient (Wildman–Crippen LogP) is 3.79. The van der Waals surface area contributed by atoms with E-state index in [1.165, 1.54) is 15.8 Å². The molecule has 2 aromatic heterocycles. The van der Waals surface area contributed by atoms with Crippen molar-refractivity contribution in [1.29, 1.82) is 0 Å².